The fourth-order valence-electron chi connectivity index (χ4n) is 1.27. The van der Waals surface area contributed by atoms with Crippen molar-refractivity contribution in [1.82, 2.24) is 14.6 Å². The second kappa shape index (κ2) is 6.20. The van der Waals surface area contributed by atoms with Crippen molar-refractivity contribution in [3.8, 4) is 0 Å². The van der Waals surface area contributed by atoms with Gasteiger partial charge in [0, 0.05) is 34.1 Å². The summed E-state index contributed by atoms with van der Waals surface area (Å²) in [5, 5.41) is 6.08. The second-order valence-corrected chi connectivity index (χ2v) is 4.59. The monoisotopic (exact) mass is 271 g/mol. The van der Waals surface area contributed by atoms with E-state index in [1.165, 1.54) is 11.9 Å². The standard InChI is InChI=1S/C10H17N5O2S/c1-12-9(17)7-8(11)14-18-10(7)13-5-4-6(16)15(2)3/h13H,4-5H2,1-3H3,(H2,11,14)(H,12,17). The number of nitrogen functional groups attached to an aromatic ring is 1. The van der Waals surface area contributed by atoms with Crippen LogP contribution in [0.4, 0.5) is 10.8 Å². The normalized spacial score (nSPS) is 9.94. The lowest BCUT2D eigenvalue weighted by Gasteiger charge is -2.10. The van der Waals surface area contributed by atoms with Crippen LogP contribution in [-0.4, -0.2) is 48.8 Å². The summed E-state index contributed by atoms with van der Waals surface area (Å²) in [6.45, 7) is 0.433. The predicted molar refractivity (Wildman–Crippen MR) is 71.7 cm³/mol. The summed E-state index contributed by atoms with van der Waals surface area (Å²) in [5.41, 5.74) is 5.95. The van der Waals surface area contributed by atoms with Gasteiger partial charge in [0.2, 0.25) is 5.91 Å². The number of anilines is 2. The van der Waals surface area contributed by atoms with E-state index in [-0.39, 0.29) is 17.6 Å². The van der Waals surface area contributed by atoms with Crippen molar-refractivity contribution in [2.24, 2.45) is 0 Å². The smallest absolute Gasteiger partial charge is 0.257 e. The number of amides is 2. The molecule has 0 spiro atoms. The first kappa shape index (κ1) is 14.2. The molecule has 0 aliphatic rings. The fourth-order valence-corrected chi connectivity index (χ4v) is 2.01. The highest BCUT2D eigenvalue weighted by molar-refractivity contribution is 7.11. The Morgan fingerprint density at radius 2 is 2.11 bits per heavy atom. The van der Waals surface area contributed by atoms with Crippen molar-refractivity contribution in [3.63, 3.8) is 0 Å². The molecule has 1 aromatic heterocycles. The second-order valence-electron chi connectivity index (χ2n) is 3.82. The number of aromatic nitrogens is 1. The summed E-state index contributed by atoms with van der Waals surface area (Å²) in [5.74, 6) is -0.0787. The van der Waals surface area contributed by atoms with E-state index in [1.807, 2.05) is 0 Å². The van der Waals surface area contributed by atoms with Crippen LogP contribution in [0.15, 0.2) is 0 Å². The first-order valence-electron chi connectivity index (χ1n) is 5.38. The van der Waals surface area contributed by atoms with Gasteiger partial charge in [0.15, 0.2) is 5.82 Å². The van der Waals surface area contributed by atoms with Gasteiger partial charge in [0.25, 0.3) is 5.91 Å². The molecule has 100 valence electrons. The van der Waals surface area contributed by atoms with Crippen LogP contribution in [0.25, 0.3) is 0 Å². The van der Waals surface area contributed by atoms with Gasteiger partial charge in [-0.3, -0.25) is 9.59 Å². The van der Waals surface area contributed by atoms with E-state index in [4.69, 9.17) is 5.73 Å². The van der Waals surface area contributed by atoms with Crippen molar-refractivity contribution in [2.75, 3.05) is 38.7 Å². The molecule has 1 heterocycles. The molecular formula is C10H17N5O2S. The largest absolute Gasteiger partial charge is 0.382 e. The summed E-state index contributed by atoms with van der Waals surface area (Å²) in [6.07, 6.45) is 0.345. The summed E-state index contributed by atoms with van der Waals surface area (Å²) in [7, 11) is 4.92. The van der Waals surface area contributed by atoms with Gasteiger partial charge in [-0.1, -0.05) is 0 Å². The van der Waals surface area contributed by atoms with Gasteiger partial charge in [0.05, 0.1) is 0 Å². The average Bonchev–Trinajstić information content (AvgIpc) is 2.69. The molecule has 8 heteroatoms. The van der Waals surface area contributed by atoms with Gasteiger partial charge in [0.1, 0.15) is 10.6 Å². The van der Waals surface area contributed by atoms with Gasteiger partial charge in [-0.05, 0) is 11.5 Å². The third-order valence-corrected chi connectivity index (χ3v) is 3.11. The Kier molecular flexibility index (Phi) is 4.90. The molecular weight excluding hydrogens is 254 g/mol. The Morgan fingerprint density at radius 1 is 1.44 bits per heavy atom. The molecule has 1 rings (SSSR count). The molecule has 0 saturated heterocycles. The number of rotatable bonds is 5. The minimum absolute atomic E-state index is 0.0153. The van der Waals surface area contributed by atoms with Gasteiger partial charge >= 0.3 is 0 Å². The van der Waals surface area contributed by atoms with Gasteiger partial charge in [-0.15, -0.1) is 0 Å². The summed E-state index contributed by atoms with van der Waals surface area (Å²) < 4.78 is 3.92. The minimum Gasteiger partial charge on any atom is -0.382 e. The lowest BCUT2D eigenvalue weighted by molar-refractivity contribution is -0.128. The maximum Gasteiger partial charge on any atom is 0.257 e. The maximum absolute atomic E-state index is 11.6. The SMILES string of the molecule is CNC(=O)c1c(N)nsc1NCCC(=O)N(C)C. The zero-order chi connectivity index (χ0) is 13.7. The minimum atomic E-state index is -0.289. The van der Waals surface area contributed by atoms with Crippen molar-refractivity contribution in [2.45, 2.75) is 6.42 Å². The van der Waals surface area contributed by atoms with E-state index < -0.39 is 0 Å². The highest BCUT2D eigenvalue weighted by Gasteiger charge is 2.18. The van der Waals surface area contributed by atoms with Crippen LogP contribution in [-0.2, 0) is 4.79 Å². The van der Waals surface area contributed by atoms with E-state index in [0.717, 1.165) is 11.5 Å². The third-order valence-electron chi connectivity index (χ3n) is 2.30. The first-order valence-corrected chi connectivity index (χ1v) is 6.16. The van der Waals surface area contributed by atoms with Crippen LogP contribution in [0.3, 0.4) is 0 Å². The lowest BCUT2D eigenvalue weighted by Crippen LogP contribution is -2.24. The molecule has 4 N–H and O–H groups in total. The molecule has 1 aromatic rings. The van der Waals surface area contributed by atoms with E-state index >= 15 is 0 Å². The highest BCUT2D eigenvalue weighted by Crippen LogP contribution is 2.26. The first-order chi connectivity index (χ1) is 8.47. The third kappa shape index (κ3) is 3.33. The molecule has 7 nitrogen and oxygen atoms in total. The molecule has 0 bridgehead atoms. The number of hydrogen-bond donors (Lipinski definition) is 3. The average molecular weight is 271 g/mol. The molecule has 0 unspecified atom stereocenters. The number of nitrogens with two attached hydrogens (primary N) is 1. The van der Waals surface area contributed by atoms with E-state index in [9.17, 15) is 9.59 Å². The number of carbonyl (C=O) groups is 2. The zero-order valence-electron chi connectivity index (χ0n) is 10.6. The zero-order valence-corrected chi connectivity index (χ0v) is 11.4. The molecule has 0 atom stereocenters. The van der Waals surface area contributed by atoms with Gasteiger partial charge in [-0.2, -0.15) is 4.37 Å². The molecule has 18 heavy (non-hydrogen) atoms. The van der Waals surface area contributed by atoms with Crippen LogP contribution in [0.5, 0.6) is 0 Å². The number of nitrogens with one attached hydrogen (secondary N) is 2. The molecule has 0 aromatic carbocycles. The van der Waals surface area contributed by atoms with E-state index in [0.29, 0.717) is 23.5 Å². The molecule has 0 radical (unpaired) electrons. The molecule has 0 aliphatic carbocycles. The quantitative estimate of drug-likeness (QED) is 0.698. The topological polar surface area (TPSA) is 100 Å². The van der Waals surface area contributed by atoms with Crippen molar-refractivity contribution >= 4 is 34.2 Å². The van der Waals surface area contributed by atoms with Crippen molar-refractivity contribution in [3.05, 3.63) is 5.56 Å². The summed E-state index contributed by atoms with van der Waals surface area (Å²) >= 11 is 1.11. The highest BCUT2D eigenvalue weighted by atomic mass is 32.1. The van der Waals surface area contributed by atoms with E-state index in [1.54, 1.807) is 14.1 Å². The van der Waals surface area contributed by atoms with Gasteiger partial charge < -0.3 is 21.3 Å². The van der Waals surface area contributed by atoms with Crippen molar-refractivity contribution in [1.29, 1.82) is 0 Å². The Morgan fingerprint density at radius 3 is 2.67 bits per heavy atom. The van der Waals surface area contributed by atoms with Crippen LogP contribution in [0.1, 0.15) is 16.8 Å². The molecule has 2 amide bonds. The van der Waals surface area contributed by atoms with Crippen molar-refractivity contribution < 1.29 is 9.59 Å². The Bertz CT molecular complexity index is 443. The van der Waals surface area contributed by atoms with Gasteiger partial charge in [-0.25, -0.2) is 0 Å². The van der Waals surface area contributed by atoms with Crippen LogP contribution < -0.4 is 16.4 Å². The number of nitrogens with zero attached hydrogens (tertiary/aromatic N) is 2. The Labute approximate surface area is 110 Å². The maximum atomic E-state index is 11.6. The lowest BCUT2D eigenvalue weighted by atomic mass is 10.3. The summed E-state index contributed by atoms with van der Waals surface area (Å²) in [6, 6.07) is 0. The molecule has 0 fully saturated rings. The molecule has 0 saturated carbocycles. The fraction of sp³-hybridized carbons (Fsp3) is 0.500. The Hall–Kier alpha value is -1.83. The molecule has 0 aliphatic heterocycles. The van der Waals surface area contributed by atoms with Crippen LogP contribution in [0.2, 0.25) is 0 Å². The Balaban J connectivity index is 2.63. The number of carbonyl (C=O) groups excluding carboxylic acids is 2. The van der Waals surface area contributed by atoms with Crippen LogP contribution in [0, 0.1) is 0 Å². The predicted octanol–water partition coefficient (Wildman–Crippen LogP) is -0.0249. The van der Waals surface area contributed by atoms with E-state index in [2.05, 4.69) is 15.0 Å². The van der Waals surface area contributed by atoms with Crippen LogP contribution >= 0.6 is 11.5 Å². The number of hydrogen-bond acceptors (Lipinski definition) is 6. The summed E-state index contributed by atoms with van der Waals surface area (Å²) in [4.78, 5) is 24.5.